The molecule has 1 aliphatic heterocycles. The summed E-state index contributed by atoms with van der Waals surface area (Å²) in [6.45, 7) is 3.65. The van der Waals surface area contributed by atoms with Crippen LogP contribution in [0.15, 0.2) is 42.5 Å². The first-order valence-corrected chi connectivity index (χ1v) is 8.41. The normalized spacial score (nSPS) is 12.4. The molecule has 0 aliphatic carbocycles. The maximum absolute atomic E-state index is 10.8. The third-order valence-electron chi connectivity index (χ3n) is 4.38. The number of benzene rings is 2. The summed E-state index contributed by atoms with van der Waals surface area (Å²) in [5, 5.41) is 27.9. The molecule has 0 radical (unpaired) electrons. The van der Waals surface area contributed by atoms with Crippen LogP contribution in [0.4, 0.5) is 0 Å². The fraction of sp³-hybridized carbons (Fsp3) is 0.211. The van der Waals surface area contributed by atoms with E-state index < -0.39 is 5.97 Å². The van der Waals surface area contributed by atoms with Gasteiger partial charge in [-0.15, -0.1) is 15.0 Å². The van der Waals surface area contributed by atoms with Crippen molar-refractivity contribution in [2.24, 2.45) is 0 Å². The lowest BCUT2D eigenvalue weighted by molar-refractivity contribution is -0.132. The lowest BCUT2D eigenvalue weighted by atomic mass is 10.0. The van der Waals surface area contributed by atoms with Crippen LogP contribution >= 0.6 is 0 Å². The van der Waals surface area contributed by atoms with Crippen LogP contribution in [0.2, 0.25) is 0 Å². The molecule has 0 saturated heterocycles. The third kappa shape index (κ3) is 3.29. The second-order valence-corrected chi connectivity index (χ2v) is 6.27. The molecule has 3 aromatic rings. The van der Waals surface area contributed by atoms with Crippen LogP contribution in [0, 0.1) is 0 Å². The highest BCUT2D eigenvalue weighted by Crippen LogP contribution is 2.39. The number of phenolic OH excluding ortho intramolecular Hbond substituents is 1. The monoisotopic (exact) mass is 367 g/mol. The number of carboxylic acids is 1. The Bertz CT molecular complexity index is 1060. The molecule has 0 amide bonds. The number of aromatic nitrogens is 3. The number of rotatable bonds is 6. The smallest absolute Gasteiger partial charge is 0.330 e. The van der Waals surface area contributed by atoms with Crippen LogP contribution < -0.4 is 9.47 Å². The molecule has 1 aromatic heterocycles. The summed E-state index contributed by atoms with van der Waals surface area (Å²) in [5.41, 5.74) is 3.00. The van der Waals surface area contributed by atoms with E-state index in [9.17, 15) is 9.90 Å². The summed E-state index contributed by atoms with van der Waals surface area (Å²) >= 11 is 0. The van der Waals surface area contributed by atoms with E-state index in [1.165, 1.54) is 10.9 Å². The summed E-state index contributed by atoms with van der Waals surface area (Å²) in [6.07, 6.45) is 1.84. The summed E-state index contributed by atoms with van der Waals surface area (Å²) in [6, 6.07) is 8.81. The molecule has 0 fully saturated rings. The highest BCUT2D eigenvalue weighted by atomic mass is 16.7. The Labute approximate surface area is 154 Å². The highest BCUT2D eigenvalue weighted by molar-refractivity contribution is 5.85. The van der Waals surface area contributed by atoms with Gasteiger partial charge in [-0.1, -0.05) is 12.6 Å². The zero-order valence-electron chi connectivity index (χ0n) is 14.4. The first kappa shape index (κ1) is 16.9. The number of carbonyl (C=O) groups is 1. The van der Waals surface area contributed by atoms with E-state index in [0.717, 1.165) is 5.56 Å². The molecule has 2 aromatic carbocycles. The Morgan fingerprint density at radius 2 is 1.89 bits per heavy atom. The highest BCUT2D eigenvalue weighted by Gasteiger charge is 2.19. The fourth-order valence-corrected chi connectivity index (χ4v) is 2.92. The van der Waals surface area contributed by atoms with Crippen LogP contribution in [-0.2, 0) is 11.2 Å². The molecule has 138 valence electrons. The minimum absolute atomic E-state index is 0.00744. The van der Waals surface area contributed by atoms with Crippen LogP contribution in [0.1, 0.15) is 18.4 Å². The van der Waals surface area contributed by atoms with Crippen LogP contribution in [-0.4, -0.2) is 38.0 Å². The van der Waals surface area contributed by atoms with E-state index in [-0.39, 0.29) is 18.1 Å². The van der Waals surface area contributed by atoms with E-state index in [2.05, 4.69) is 16.8 Å². The van der Waals surface area contributed by atoms with Gasteiger partial charge in [0.1, 0.15) is 22.5 Å². The average Bonchev–Trinajstić information content (AvgIpc) is 3.26. The van der Waals surface area contributed by atoms with Crippen LogP contribution in [0.25, 0.3) is 16.7 Å². The van der Waals surface area contributed by atoms with Gasteiger partial charge in [-0.25, -0.2) is 4.79 Å². The maximum atomic E-state index is 10.8. The number of aryl methyl sites for hydroxylation is 1. The topological polar surface area (TPSA) is 107 Å². The van der Waals surface area contributed by atoms with E-state index in [4.69, 9.17) is 14.6 Å². The SMILES string of the molecule is C=C(CCCc1ccc2nn(-c3cc4c(cc3O)OCO4)nc2c1)C(=O)O. The molecule has 2 N–H and O–H groups in total. The van der Waals surface area contributed by atoms with Gasteiger partial charge in [0, 0.05) is 17.7 Å². The second-order valence-electron chi connectivity index (χ2n) is 6.27. The van der Waals surface area contributed by atoms with Gasteiger partial charge in [-0.05, 0) is 37.0 Å². The number of ether oxygens (including phenoxy) is 2. The molecule has 27 heavy (non-hydrogen) atoms. The standard InChI is InChI=1S/C19H17N3O5/c1-11(19(24)25)3-2-4-12-5-6-13-14(7-12)21-22(20-13)15-8-17-18(9-16(15)23)27-10-26-17/h5-9,23H,1-4,10H2,(H,24,25). The second kappa shape index (κ2) is 6.64. The van der Waals surface area contributed by atoms with E-state index >= 15 is 0 Å². The molecule has 0 bridgehead atoms. The summed E-state index contributed by atoms with van der Waals surface area (Å²) in [7, 11) is 0. The predicted octanol–water partition coefficient (Wildman–Crippen LogP) is 2.82. The number of carboxylic acid groups (broad SMARTS) is 1. The average molecular weight is 367 g/mol. The Balaban J connectivity index is 1.56. The van der Waals surface area contributed by atoms with Crippen LogP contribution in [0.3, 0.4) is 0 Å². The third-order valence-corrected chi connectivity index (χ3v) is 4.38. The molecule has 0 atom stereocenters. The van der Waals surface area contributed by atoms with Crippen molar-refractivity contribution in [1.29, 1.82) is 0 Å². The molecular formula is C19H17N3O5. The van der Waals surface area contributed by atoms with Gasteiger partial charge >= 0.3 is 5.97 Å². The lowest BCUT2D eigenvalue weighted by Gasteiger charge is -2.04. The Kier molecular flexibility index (Phi) is 4.15. The van der Waals surface area contributed by atoms with Crippen molar-refractivity contribution < 1.29 is 24.5 Å². The summed E-state index contributed by atoms with van der Waals surface area (Å²) in [4.78, 5) is 12.2. The van der Waals surface area contributed by atoms with Gasteiger partial charge < -0.3 is 19.7 Å². The van der Waals surface area contributed by atoms with Gasteiger partial charge in [-0.3, -0.25) is 0 Å². The number of nitrogens with zero attached hydrogens (tertiary/aromatic N) is 3. The minimum atomic E-state index is -0.961. The molecule has 4 rings (SSSR count). The molecule has 0 spiro atoms. The van der Waals surface area contributed by atoms with Gasteiger partial charge in [0.15, 0.2) is 11.5 Å². The molecule has 1 aliphatic rings. The first-order chi connectivity index (χ1) is 13.0. The summed E-state index contributed by atoms with van der Waals surface area (Å²) in [5.74, 6) is 0.0468. The predicted molar refractivity (Wildman–Crippen MR) is 96.4 cm³/mol. The molecule has 2 heterocycles. The van der Waals surface area contributed by atoms with Crippen molar-refractivity contribution in [1.82, 2.24) is 15.0 Å². The minimum Gasteiger partial charge on any atom is -0.505 e. The van der Waals surface area contributed by atoms with Gasteiger partial charge in [-0.2, -0.15) is 0 Å². The number of aromatic hydroxyl groups is 1. The number of hydrogen-bond donors (Lipinski definition) is 2. The zero-order chi connectivity index (χ0) is 19.0. The van der Waals surface area contributed by atoms with Gasteiger partial charge in [0.05, 0.1) is 0 Å². The zero-order valence-corrected chi connectivity index (χ0v) is 14.4. The van der Waals surface area contributed by atoms with E-state index in [1.54, 1.807) is 6.07 Å². The Morgan fingerprint density at radius 1 is 1.15 bits per heavy atom. The van der Waals surface area contributed by atoms with Crippen molar-refractivity contribution in [3.8, 4) is 22.9 Å². The Morgan fingerprint density at radius 3 is 2.67 bits per heavy atom. The molecule has 8 heteroatoms. The van der Waals surface area contributed by atoms with Gasteiger partial charge in [0.25, 0.3) is 0 Å². The van der Waals surface area contributed by atoms with Gasteiger partial charge in [0.2, 0.25) is 6.79 Å². The molecular weight excluding hydrogens is 350 g/mol. The number of hydrogen-bond acceptors (Lipinski definition) is 6. The first-order valence-electron chi connectivity index (χ1n) is 8.41. The fourth-order valence-electron chi connectivity index (χ4n) is 2.92. The van der Waals surface area contributed by atoms with Crippen molar-refractivity contribution >= 4 is 17.0 Å². The van der Waals surface area contributed by atoms with E-state index in [1.807, 2.05) is 18.2 Å². The van der Waals surface area contributed by atoms with Crippen molar-refractivity contribution in [2.45, 2.75) is 19.3 Å². The molecule has 0 saturated carbocycles. The number of phenols is 1. The van der Waals surface area contributed by atoms with Crippen molar-refractivity contribution in [3.63, 3.8) is 0 Å². The largest absolute Gasteiger partial charge is 0.505 e. The number of aliphatic carboxylic acids is 1. The number of fused-ring (bicyclic) bond motifs is 2. The molecule has 0 unspecified atom stereocenters. The summed E-state index contributed by atoms with van der Waals surface area (Å²) < 4.78 is 10.6. The van der Waals surface area contributed by atoms with Crippen molar-refractivity contribution in [2.75, 3.05) is 6.79 Å². The van der Waals surface area contributed by atoms with E-state index in [0.29, 0.717) is 47.5 Å². The van der Waals surface area contributed by atoms with Crippen LogP contribution in [0.5, 0.6) is 17.2 Å². The Hall–Kier alpha value is -3.55. The molecule has 8 nitrogen and oxygen atoms in total. The lowest BCUT2D eigenvalue weighted by Crippen LogP contribution is -1.99. The quantitative estimate of drug-likeness (QED) is 0.645. The van der Waals surface area contributed by atoms with Crippen molar-refractivity contribution in [3.05, 3.63) is 48.0 Å². The maximum Gasteiger partial charge on any atom is 0.330 e.